The number of carbonyl (C=O) groups is 1. The molecule has 0 saturated carbocycles. The number of anilines is 2. The minimum absolute atomic E-state index is 0.0174. The standard InChI is InChI=1S/C26H26F4N4O5S/c1-39-24-13-17(40(37)38)7-8-22(24)31-10-3-4-16-12-18-20(5-2-6-23(18)34(16)15-26(28,29)30)32-21-9-11-33(25(35)36)14-19(21)27/h2,5-8,12-13,19,21,31-32,40H,9-11,14-15H2,1H3,(H,35,36)/t19-,21+/m1/s1. The fourth-order valence-corrected chi connectivity index (χ4v) is 4.94. The Morgan fingerprint density at radius 2 is 1.98 bits per heavy atom. The highest BCUT2D eigenvalue weighted by atomic mass is 32.2. The number of benzene rings is 2. The van der Waals surface area contributed by atoms with Gasteiger partial charge in [0.1, 0.15) is 18.5 Å². The maximum absolute atomic E-state index is 14.7. The summed E-state index contributed by atoms with van der Waals surface area (Å²) in [5, 5.41) is 15.5. The van der Waals surface area contributed by atoms with Crippen LogP contribution in [0, 0.1) is 11.8 Å². The Bertz CT molecular complexity index is 1540. The SMILES string of the molecule is COc1cc([SH](=O)=O)ccc1NCC#Cc1cc2c(N[C@H]3CCN(C(=O)O)C[C@H]3F)cccc2n1CC(F)(F)F. The molecule has 4 rings (SSSR count). The van der Waals surface area contributed by atoms with Gasteiger partial charge in [-0.1, -0.05) is 12.0 Å². The quantitative estimate of drug-likeness (QED) is 0.188. The molecule has 2 atom stereocenters. The molecule has 0 spiro atoms. The minimum atomic E-state index is -4.53. The molecule has 2 heterocycles. The number of likely N-dealkylation sites (tertiary alicyclic amines) is 1. The van der Waals surface area contributed by atoms with Crippen molar-refractivity contribution >= 4 is 39.1 Å². The third kappa shape index (κ3) is 6.71. The van der Waals surface area contributed by atoms with Crippen molar-refractivity contribution in [2.24, 2.45) is 0 Å². The molecule has 0 bridgehead atoms. The average molecular weight is 583 g/mol. The molecule has 14 heteroatoms. The molecule has 40 heavy (non-hydrogen) atoms. The summed E-state index contributed by atoms with van der Waals surface area (Å²) in [4.78, 5) is 12.2. The second-order valence-electron chi connectivity index (χ2n) is 9.05. The Morgan fingerprint density at radius 1 is 1.20 bits per heavy atom. The van der Waals surface area contributed by atoms with Crippen molar-refractivity contribution in [2.75, 3.05) is 37.4 Å². The molecule has 0 unspecified atom stereocenters. The van der Waals surface area contributed by atoms with E-state index in [2.05, 4.69) is 22.5 Å². The van der Waals surface area contributed by atoms with E-state index < -0.39 is 41.7 Å². The Hall–Kier alpha value is -4.12. The Balaban J connectivity index is 1.59. The van der Waals surface area contributed by atoms with Crippen LogP contribution in [0.2, 0.25) is 0 Å². The van der Waals surface area contributed by atoms with E-state index in [9.17, 15) is 30.8 Å². The lowest BCUT2D eigenvalue weighted by atomic mass is 10.0. The Morgan fingerprint density at radius 3 is 2.62 bits per heavy atom. The van der Waals surface area contributed by atoms with Gasteiger partial charge in [-0.2, -0.15) is 13.2 Å². The van der Waals surface area contributed by atoms with Crippen LogP contribution in [0.5, 0.6) is 5.75 Å². The number of carboxylic acid groups (broad SMARTS) is 1. The number of nitrogens with zero attached hydrogens (tertiary/aromatic N) is 2. The molecular formula is C26H26F4N4O5S. The van der Waals surface area contributed by atoms with E-state index in [1.54, 1.807) is 12.1 Å². The lowest BCUT2D eigenvalue weighted by Gasteiger charge is -2.34. The number of amides is 1. The van der Waals surface area contributed by atoms with E-state index in [0.29, 0.717) is 16.8 Å². The first-order chi connectivity index (χ1) is 19.0. The van der Waals surface area contributed by atoms with Gasteiger partial charge in [0, 0.05) is 23.7 Å². The van der Waals surface area contributed by atoms with Crippen molar-refractivity contribution in [3.05, 3.63) is 48.2 Å². The highest BCUT2D eigenvalue weighted by Crippen LogP contribution is 2.32. The summed E-state index contributed by atoms with van der Waals surface area (Å²) in [6, 6.07) is 9.70. The smallest absolute Gasteiger partial charge is 0.407 e. The topological polar surface area (TPSA) is 113 Å². The van der Waals surface area contributed by atoms with Crippen LogP contribution in [0.15, 0.2) is 47.4 Å². The zero-order valence-electron chi connectivity index (χ0n) is 21.2. The van der Waals surface area contributed by atoms with Crippen LogP contribution in [0.4, 0.5) is 33.7 Å². The molecule has 1 aliphatic heterocycles. The van der Waals surface area contributed by atoms with E-state index in [4.69, 9.17) is 9.84 Å². The predicted octanol–water partition coefficient (Wildman–Crippen LogP) is 4.15. The maximum Gasteiger partial charge on any atom is 0.407 e. The number of halogens is 4. The molecule has 1 aromatic heterocycles. The van der Waals surface area contributed by atoms with E-state index in [1.165, 1.54) is 37.4 Å². The summed E-state index contributed by atoms with van der Waals surface area (Å²) in [6.45, 7) is -1.44. The fourth-order valence-electron chi connectivity index (χ4n) is 4.52. The van der Waals surface area contributed by atoms with Crippen molar-refractivity contribution in [1.82, 2.24) is 9.47 Å². The first-order valence-electron chi connectivity index (χ1n) is 12.1. The summed E-state index contributed by atoms with van der Waals surface area (Å²) in [5.74, 6) is 5.81. The number of alkyl halides is 4. The number of fused-ring (bicyclic) bond motifs is 1. The third-order valence-electron chi connectivity index (χ3n) is 6.42. The lowest BCUT2D eigenvalue weighted by molar-refractivity contribution is -0.140. The molecule has 0 radical (unpaired) electrons. The minimum Gasteiger partial charge on any atom is -0.495 e. The summed E-state index contributed by atoms with van der Waals surface area (Å²) < 4.78 is 83.8. The van der Waals surface area contributed by atoms with Gasteiger partial charge >= 0.3 is 12.3 Å². The van der Waals surface area contributed by atoms with Gasteiger partial charge in [-0.3, -0.25) is 0 Å². The summed E-state index contributed by atoms with van der Waals surface area (Å²) in [5.41, 5.74) is 1.21. The third-order valence-corrected chi connectivity index (χ3v) is 7.12. The van der Waals surface area contributed by atoms with E-state index in [1.807, 2.05) is 0 Å². The second-order valence-corrected chi connectivity index (χ2v) is 10.1. The van der Waals surface area contributed by atoms with Crippen LogP contribution in [0.25, 0.3) is 10.9 Å². The second kappa shape index (κ2) is 12.0. The molecular weight excluding hydrogens is 556 g/mol. The van der Waals surface area contributed by atoms with Crippen LogP contribution in [0.1, 0.15) is 12.1 Å². The first-order valence-corrected chi connectivity index (χ1v) is 13.3. The highest BCUT2D eigenvalue weighted by molar-refractivity contribution is 7.72. The lowest BCUT2D eigenvalue weighted by Crippen LogP contribution is -2.49. The number of ether oxygens (including phenoxy) is 1. The predicted molar refractivity (Wildman–Crippen MR) is 141 cm³/mol. The Labute approximate surface area is 228 Å². The fraction of sp³-hybridized carbons (Fsp3) is 0.346. The van der Waals surface area contributed by atoms with Gasteiger partial charge in [-0.25, -0.2) is 17.6 Å². The molecule has 3 N–H and O–H groups in total. The van der Waals surface area contributed by atoms with Crippen molar-refractivity contribution in [3.8, 4) is 17.6 Å². The van der Waals surface area contributed by atoms with E-state index in [0.717, 1.165) is 9.47 Å². The number of hydrogen-bond acceptors (Lipinski definition) is 6. The van der Waals surface area contributed by atoms with Gasteiger partial charge in [0.25, 0.3) is 0 Å². The zero-order chi connectivity index (χ0) is 29.0. The summed E-state index contributed by atoms with van der Waals surface area (Å²) in [6.07, 6.45) is -7.04. The molecule has 0 aliphatic carbocycles. The number of thiol groups is 1. The molecule has 1 amide bonds. The summed E-state index contributed by atoms with van der Waals surface area (Å²) >= 11 is 0. The number of nitrogens with one attached hydrogen (secondary N) is 2. The summed E-state index contributed by atoms with van der Waals surface area (Å²) in [7, 11) is -1.43. The van der Waals surface area contributed by atoms with Gasteiger partial charge in [0.2, 0.25) is 0 Å². The van der Waals surface area contributed by atoms with Gasteiger partial charge in [0.15, 0.2) is 10.7 Å². The molecule has 1 aliphatic rings. The van der Waals surface area contributed by atoms with Gasteiger partial charge in [-0.05, 0) is 42.7 Å². The molecule has 214 valence electrons. The van der Waals surface area contributed by atoms with Crippen molar-refractivity contribution in [1.29, 1.82) is 0 Å². The van der Waals surface area contributed by atoms with Gasteiger partial charge in [-0.15, -0.1) is 0 Å². The molecule has 2 aromatic carbocycles. The highest BCUT2D eigenvalue weighted by Gasteiger charge is 2.33. The number of aromatic nitrogens is 1. The normalized spacial score (nSPS) is 17.4. The molecule has 3 aromatic rings. The number of methoxy groups -OCH3 is 1. The largest absolute Gasteiger partial charge is 0.495 e. The maximum atomic E-state index is 14.7. The molecule has 9 nitrogen and oxygen atoms in total. The van der Waals surface area contributed by atoms with Crippen molar-refractivity contribution in [2.45, 2.75) is 36.3 Å². The molecule has 1 saturated heterocycles. The number of hydrogen-bond donors (Lipinski definition) is 4. The van der Waals surface area contributed by atoms with Gasteiger partial charge in [0.05, 0.1) is 48.0 Å². The van der Waals surface area contributed by atoms with E-state index in [-0.39, 0.29) is 47.9 Å². The monoisotopic (exact) mass is 582 g/mol. The molecule has 1 fully saturated rings. The van der Waals surface area contributed by atoms with Crippen molar-refractivity contribution < 1.29 is 40.6 Å². The van der Waals surface area contributed by atoms with Crippen molar-refractivity contribution in [3.63, 3.8) is 0 Å². The van der Waals surface area contributed by atoms with Crippen LogP contribution in [0.3, 0.4) is 0 Å². The average Bonchev–Trinajstić information content (AvgIpc) is 3.24. The Kier molecular flexibility index (Phi) is 8.63. The van der Waals surface area contributed by atoms with Gasteiger partial charge < -0.3 is 29.9 Å². The first kappa shape index (κ1) is 28.9. The zero-order valence-corrected chi connectivity index (χ0v) is 22.1. The van der Waals surface area contributed by atoms with Crippen LogP contribution < -0.4 is 15.4 Å². The number of rotatable bonds is 7. The van der Waals surface area contributed by atoms with Crippen LogP contribution in [-0.2, 0) is 17.2 Å². The van der Waals surface area contributed by atoms with Crippen LogP contribution in [-0.4, -0.2) is 74.2 Å². The van der Waals surface area contributed by atoms with E-state index >= 15 is 0 Å². The van der Waals surface area contributed by atoms with Crippen LogP contribution >= 0.6 is 0 Å². The number of piperidine rings is 1.